The topological polar surface area (TPSA) is 63.0 Å². The number of thioether (sulfide) groups is 1. The van der Waals surface area contributed by atoms with Crippen LogP contribution in [0.3, 0.4) is 0 Å². The van der Waals surface area contributed by atoms with Crippen molar-refractivity contribution >= 4 is 40.9 Å². The molecule has 2 amide bonds. The van der Waals surface area contributed by atoms with Crippen LogP contribution in [0.1, 0.15) is 48.0 Å². The molecule has 41 heavy (non-hydrogen) atoms. The second kappa shape index (κ2) is 21.6. The average Bonchev–Trinajstić information content (AvgIpc) is 3.55. The number of nitrogens with one attached hydrogen (secondary N) is 1. The largest absolute Gasteiger partial charge is 1.00 e. The zero-order valence-corrected chi connectivity index (χ0v) is 30.0. The maximum absolute atomic E-state index is 12.7. The fraction of sp³-hybridized carbons (Fsp3) is 0.467. The van der Waals surface area contributed by atoms with Gasteiger partial charge < -0.3 is 24.5 Å². The first-order valence-corrected chi connectivity index (χ1v) is 14.8. The van der Waals surface area contributed by atoms with Gasteiger partial charge in [-0.3, -0.25) is 11.6 Å². The first-order valence-electron chi connectivity index (χ1n) is 13.5. The van der Waals surface area contributed by atoms with E-state index in [1.165, 1.54) is 25.1 Å². The summed E-state index contributed by atoms with van der Waals surface area (Å²) in [5.41, 5.74) is 2.31. The smallest absolute Gasteiger partial charge is 0.460 e. The Bertz CT molecular complexity index is 1070. The number of amides is 2. The summed E-state index contributed by atoms with van der Waals surface area (Å²) in [5, 5.41) is 10.9. The van der Waals surface area contributed by atoms with E-state index in [0.29, 0.717) is 24.0 Å². The zero-order chi connectivity index (χ0) is 30.2. The summed E-state index contributed by atoms with van der Waals surface area (Å²) >= 11 is 7.14. The molecule has 3 heterocycles. The van der Waals surface area contributed by atoms with Gasteiger partial charge in [0, 0.05) is 43.3 Å². The number of benzene rings is 1. The molecule has 6 nitrogen and oxygen atoms in total. The van der Waals surface area contributed by atoms with Gasteiger partial charge in [0.2, 0.25) is 0 Å². The monoisotopic (exact) mass is 632 g/mol. The molecule has 222 valence electrons. The van der Waals surface area contributed by atoms with E-state index in [1.807, 2.05) is 43.6 Å². The first kappa shape index (κ1) is 40.0. The zero-order valence-electron chi connectivity index (χ0n) is 25.3. The molecule has 0 bridgehead atoms. The van der Waals surface area contributed by atoms with Crippen LogP contribution in [0.25, 0.3) is 0 Å². The van der Waals surface area contributed by atoms with Gasteiger partial charge in [0.05, 0.1) is 17.8 Å². The molecule has 1 aromatic carbocycles. The van der Waals surface area contributed by atoms with E-state index in [-0.39, 0.29) is 74.5 Å². The van der Waals surface area contributed by atoms with Gasteiger partial charge in [-0.1, -0.05) is 48.9 Å². The van der Waals surface area contributed by atoms with Crippen molar-refractivity contribution < 1.29 is 65.0 Å². The fourth-order valence-electron chi connectivity index (χ4n) is 4.42. The van der Waals surface area contributed by atoms with Crippen LogP contribution in [0.2, 0.25) is 5.02 Å². The van der Waals surface area contributed by atoms with Crippen molar-refractivity contribution in [1.29, 1.82) is 5.41 Å². The van der Waals surface area contributed by atoms with Crippen LogP contribution >= 0.6 is 23.4 Å². The molecule has 2 fully saturated rings. The molecule has 3 aliphatic rings. The molecule has 11 heteroatoms. The third kappa shape index (κ3) is 11.9. The van der Waals surface area contributed by atoms with Crippen molar-refractivity contribution in [1.82, 2.24) is 14.7 Å². The molecule has 0 aliphatic carbocycles. The molecule has 3 aliphatic heterocycles. The maximum Gasteiger partial charge on any atom is 1.00 e. The summed E-state index contributed by atoms with van der Waals surface area (Å²) in [7, 11) is 0. The molecule has 2 saturated heterocycles. The Balaban J connectivity index is 0.000000957. The number of urea groups is 1. The van der Waals surface area contributed by atoms with E-state index < -0.39 is 0 Å². The number of likely N-dealkylation sites (N-methyl/N-ethyl adjacent to an activating group) is 1. The van der Waals surface area contributed by atoms with Crippen LogP contribution < -0.4 is 51.4 Å². The fourth-order valence-corrected chi connectivity index (χ4v) is 5.32. The van der Waals surface area contributed by atoms with Crippen LogP contribution in [0.4, 0.5) is 13.6 Å². The Morgan fingerprint density at radius 3 is 2.51 bits per heavy atom. The molecule has 1 N–H and O–H groups in total. The van der Waals surface area contributed by atoms with Crippen LogP contribution in [0.5, 0.6) is 0 Å². The van der Waals surface area contributed by atoms with Gasteiger partial charge in [0.15, 0.2) is 0 Å². The molecule has 2 atom stereocenters. The third-order valence-electron chi connectivity index (χ3n) is 6.18. The molecule has 0 spiro atoms. The van der Waals surface area contributed by atoms with Crippen LogP contribution in [0, 0.1) is 24.5 Å². The second-order valence-corrected chi connectivity index (χ2v) is 10.3. The summed E-state index contributed by atoms with van der Waals surface area (Å²) in [6.07, 6.45) is 4.13. The van der Waals surface area contributed by atoms with Gasteiger partial charge >= 0.3 is 57.4 Å². The number of allylic oxidation sites excluding steroid dienone is 2. The number of rotatable bonds is 7. The van der Waals surface area contributed by atoms with E-state index >= 15 is 0 Å². The number of aliphatic imine (C=N–C) groups is 1. The van der Waals surface area contributed by atoms with Crippen molar-refractivity contribution in [3.8, 4) is 0 Å². The summed E-state index contributed by atoms with van der Waals surface area (Å²) < 4.78 is 22.2. The quantitative estimate of drug-likeness (QED) is 0.267. The van der Waals surface area contributed by atoms with Gasteiger partial charge in [0.1, 0.15) is 11.7 Å². The number of amidine groups is 1. The number of fused-ring (bicyclic) bond motifs is 1. The number of halogens is 3. The molecular weight excluding hydrogens is 591 g/mol. The molecule has 0 saturated carbocycles. The van der Waals surface area contributed by atoms with Crippen LogP contribution in [-0.2, 0) is 0 Å². The van der Waals surface area contributed by atoms with Gasteiger partial charge in [-0.15, -0.1) is 11.8 Å². The molecule has 4 rings (SSSR count). The molecule has 1 aromatic rings. The summed E-state index contributed by atoms with van der Waals surface area (Å²) in [6.45, 7) is 21.2. The standard InChI is InChI=1S/C20H28N5OS.C6H4ClF.C2H4F.C2H6.K/c1-5-10-27-14(4)19-22-12-16(17(21)6-2)18-11-15(13-25(18)19)24-9-8-23(7-3)20(24)26;7-5-2-1-3-6(8)4-5;1-2-3;1-2;/h2,5-6,10,14-15,21H,7-9,11-13H2,1,3-4H3;1-4H;2H,1H3;1-2H3;/q-1;;-1;;+1/b10-5-,21-17?;;;;. The minimum absolute atomic E-state index is 0. The van der Waals surface area contributed by atoms with Crippen molar-refractivity contribution in [3.63, 3.8) is 0 Å². The predicted molar refractivity (Wildman–Crippen MR) is 166 cm³/mol. The number of hydrogen-bond donors (Lipinski definition) is 1. The molecule has 0 radical (unpaired) electrons. The minimum atomic E-state index is -0.294. The van der Waals surface area contributed by atoms with Crippen molar-refractivity contribution in [2.75, 3.05) is 32.7 Å². The summed E-state index contributed by atoms with van der Waals surface area (Å²) in [5.74, 6) is 0.737. The predicted octanol–water partition coefficient (Wildman–Crippen LogP) is 4.80. The van der Waals surface area contributed by atoms with Gasteiger partial charge in [-0.25, -0.2) is 15.3 Å². The number of carbonyl (C=O) groups excluding carboxylic acids is 1. The van der Waals surface area contributed by atoms with E-state index in [9.17, 15) is 13.6 Å². The average molecular weight is 633 g/mol. The SMILES string of the molecule is CC.C[CH-]F.Fc1cccc(Cl)c1.[CH-]=CC(=N)C1=C2CC(N3CCN(CC)C3=O)CN2C(C(C)S/C=C\C)=NC1.[K+]. The first-order chi connectivity index (χ1) is 19.2. The molecular formula is C30H42ClF2KN5OS-. The Labute approximate surface area is 297 Å². The Kier molecular flexibility index (Phi) is 21.1. The second-order valence-electron chi connectivity index (χ2n) is 8.61. The van der Waals surface area contributed by atoms with Crippen LogP contribution in [0.15, 0.2) is 58.1 Å². The van der Waals surface area contributed by atoms with Crippen LogP contribution in [-0.4, -0.2) is 76.3 Å². The molecule has 2 unspecified atom stereocenters. The maximum atomic E-state index is 12.7. The van der Waals surface area contributed by atoms with Gasteiger partial charge in [0.25, 0.3) is 0 Å². The van der Waals surface area contributed by atoms with Crippen molar-refractivity contribution in [3.05, 3.63) is 77.2 Å². The summed E-state index contributed by atoms with van der Waals surface area (Å²) in [6, 6.07) is 6.06. The van der Waals surface area contributed by atoms with Gasteiger partial charge in [-0.05, 0) is 44.4 Å². The normalized spacial score (nSPS) is 18.2. The Morgan fingerprint density at radius 2 is 2.02 bits per heavy atom. The van der Waals surface area contributed by atoms with E-state index in [2.05, 4.69) is 17.2 Å². The van der Waals surface area contributed by atoms with E-state index in [4.69, 9.17) is 28.6 Å². The Hall–Kier alpha value is -1.01. The number of nitrogens with zero attached hydrogens (tertiary/aromatic N) is 4. The third-order valence-corrected chi connectivity index (χ3v) is 7.47. The summed E-state index contributed by atoms with van der Waals surface area (Å²) in [4.78, 5) is 23.6. The van der Waals surface area contributed by atoms with Crippen molar-refractivity contribution in [2.24, 2.45) is 4.99 Å². The Morgan fingerprint density at radius 1 is 1.37 bits per heavy atom. The van der Waals surface area contributed by atoms with E-state index in [1.54, 1.807) is 23.9 Å². The van der Waals surface area contributed by atoms with Gasteiger partial charge in [-0.2, -0.15) is 13.6 Å². The number of carbonyl (C=O) groups is 1. The van der Waals surface area contributed by atoms with Crippen molar-refractivity contribution in [2.45, 2.75) is 59.3 Å². The minimum Gasteiger partial charge on any atom is -0.460 e. The number of hydrogen-bond acceptors (Lipinski definition) is 5. The molecule has 0 aromatic heterocycles. The van der Waals surface area contributed by atoms with E-state index in [0.717, 1.165) is 49.7 Å².